The molecule has 6 nitrogen and oxygen atoms in total. The number of allylic oxidation sites excluding steroid dienone is 6. The summed E-state index contributed by atoms with van der Waals surface area (Å²) >= 11 is 0. The molecule has 0 saturated heterocycles. The van der Waals surface area contributed by atoms with Crippen LogP contribution >= 0.6 is 0 Å². The Balaban J connectivity index is 4.17. The van der Waals surface area contributed by atoms with Crippen LogP contribution in [0.1, 0.15) is 380 Å². The Labute approximate surface area is 480 Å². The van der Waals surface area contributed by atoms with Gasteiger partial charge in [-0.25, -0.2) is 0 Å². The van der Waals surface area contributed by atoms with Gasteiger partial charge in [0.2, 0.25) is 0 Å². The topological polar surface area (TPSA) is 78.9 Å². The maximum Gasteiger partial charge on any atom is 0.306 e. The maximum absolute atomic E-state index is 12.9. The SMILES string of the molecule is CCCCCCC/C=C\C/C=C\C/C=C\CCCCCCCCCCCCC(=O)OCC(COC(=O)CCCCCCCCCCCC)OC(=O)CCCCCCCCCCCCCCCCCCCCCCCCCC. The van der Waals surface area contributed by atoms with Crippen molar-refractivity contribution in [2.24, 2.45) is 0 Å². The van der Waals surface area contributed by atoms with E-state index < -0.39 is 6.10 Å². The molecule has 0 saturated carbocycles. The zero-order valence-electron chi connectivity index (χ0n) is 52.0. The Kier molecular flexibility index (Phi) is 64.1. The van der Waals surface area contributed by atoms with Crippen LogP contribution in [-0.2, 0) is 28.6 Å². The van der Waals surface area contributed by atoms with Gasteiger partial charge in [0.25, 0.3) is 0 Å². The number of esters is 3. The van der Waals surface area contributed by atoms with E-state index in [9.17, 15) is 14.4 Å². The highest BCUT2D eigenvalue weighted by atomic mass is 16.6. The Morgan fingerprint density at radius 2 is 0.468 bits per heavy atom. The molecule has 1 unspecified atom stereocenters. The summed E-state index contributed by atoms with van der Waals surface area (Å²) in [4.78, 5) is 38.3. The van der Waals surface area contributed by atoms with Crippen LogP contribution in [0, 0.1) is 0 Å². The standard InChI is InChI=1S/C71H132O6/c1-4-7-10-13-16-19-22-24-26-28-30-32-34-36-38-39-41-43-45-47-49-52-55-58-61-64-70(73)76-67-68(66-75-69(72)63-60-57-54-51-21-18-15-12-9-6-3)77-71(74)65-62-59-56-53-50-48-46-44-42-40-37-35-33-31-29-27-25-23-20-17-14-11-8-5-2/h22,24,28,30,34,36,68H,4-21,23,25-27,29,31-33,35,37-67H2,1-3H3/b24-22-,30-28-,36-34-. The number of hydrogen-bond donors (Lipinski definition) is 0. The predicted molar refractivity (Wildman–Crippen MR) is 335 cm³/mol. The summed E-state index contributed by atoms with van der Waals surface area (Å²) in [5.74, 6) is -0.846. The monoisotopic (exact) mass is 1080 g/mol. The summed E-state index contributed by atoms with van der Waals surface area (Å²) in [6.45, 7) is 6.68. The largest absolute Gasteiger partial charge is 0.462 e. The molecule has 0 aliphatic carbocycles. The number of ether oxygens (including phenoxy) is 3. The third kappa shape index (κ3) is 64.3. The smallest absolute Gasteiger partial charge is 0.306 e. The second-order valence-electron chi connectivity index (χ2n) is 23.5. The predicted octanol–water partition coefficient (Wildman–Crippen LogP) is 23.6. The molecule has 77 heavy (non-hydrogen) atoms. The highest BCUT2D eigenvalue weighted by Gasteiger charge is 2.19. The second kappa shape index (κ2) is 66.1. The molecule has 0 bridgehead atoms. The van der Waals surface area contributed by atoms with Crippen molar-refractivity contribution in [1.29, 1.82) is 0 Å². The van der Waals surface area contributed by atoms with Crippen LogP contribution in [-0.4, -0.2) is 37.2 Å². The molecule has 0 aromatic carbocycles. The molecule has 0 radical (unpaired) electrons. The molecule has 1 atom stereocenters. The Morgan fingerprint density at radius 3 is 0.727 bits per heavy atom. The van der Waals surface area contributed by atoms with Crippen LogP contribution in [0.25, 0.3) is 0 Å². The molecule has 0 aromatic rings. The Morgan fingerprint density at radius 1 is 0.260 bits per heavy atom. The molecule has 6 heteroatoms. The molecule has 0 heterocycles. The third-order valence-corrected chi connectivity index (χ3v) is 15.6. The summed E-state index contributed by atoms with van der Waals surface area (Å²) < 4.78 is 16.9. The molecule has 0 aliphatic rings. The highest BCUT2D eigenvalue weighted by molar-refractivity contribution is 5.71. The summed E-state index contributed by atoms with van der Waals surface area (Å²) in [5.41, 5.74) is 0. The van der Waals surface area contributed by atoms with Gasteiger partial charge < -0.3 is 14.2 Å². The van der Waals surface area contributed by atoms with Crippen LogP contribution in [0.5, 0.6) is 0 Å². The zero-order valence-corrected chi connectivity index (χ0v) is 52.0. The summed E-state index contributed by atoms with van der Waals surface area (Å²) in [5, 5.41) is 0. The van der Waals surface area contributed by atoms with E-state index in [0.29, 0.717) is 19.3 Å². The maximum atomic E-state index is 12.9. The lowest BCUT2D eigenvalue weighted by Crippen LogP contribution is -2.30. The lowest BCUT2D eigenvalue weighted by molar-refractivity contribution is -0.167. The van der Waals surface area contributed by atoms with Gasteiger partial charge in [0.1, 0.15) is 13.2 Å². The molecular formula is C71H132O6. The van der Waals surface area contributed by atoms with E-state index in [1.165, 1.54) is 270 Å². The molecule has 0 aromatic heterocycles. The van der Waals surface area contributed by atoms with Crippen molar-refractivity contribution in [3.63, 3.8) is 0 Å². The first-order valence-corrected chi connectivity index (χ1v) is 34.5. The minimum Gasteiger partial charge on any atom is -0.462 e. The number of hydrogen-bond acceptors (Lipinski definition) is 6. The number of rotatable bonds is 64. The Bertz CT molecular complexity index is 1290. The molecule has 452 valence electrons. The lowest BCUT2D eigenvalue weighted by atomic mass is 10.0. The minimum atomic E-state index is -0.770. The molecule has 0 rings (SSSR count). The van der Waals surface area contributed by atoms with Gasteiger partial charge >= 0.3 is 17.9 Å². The normalized spacial score (nSPS) is 12.2. The Hall–Kier alpha value is -2.37. The van der Waals surface area contributed by atoms with Crippen molar-refractivity contribution in [1.82, 2.24) is 0 Å². The van der Waals surface area contributed by atoms with Crippen molar-refractivity contribution in [3.05, 3.63) is 36.5 Å². The summed E-state index contributed by atoms with van der Waals surface area (Å²) in [6.07, 6.45) is 81.8. The van der Waals surface area contributed by atoms with Gasteiger partial charge in [0.05, 0.1) is 0 Å². The fraction of sp³-hybridized carbons (Fsp3) is 0.873. The van der Waals surface area contributed by atoms with Crippen LogP contribution in [0.4, 0.5) is 0 Å². The average molecular weight is 1080 g/mol. The highest BCUT2D eigenvalue weighted by Crippen LogP contribution is 2.18. The zero-order chi connectivity index (χ0) is 55.7. The van der Waals surface area contributed by atoms with Crippen molar-refractivity contribution >= 4 is 17.9 Å². The van der Waals surface area contributed by atoms with Crippen molar-refractivity contribution < 1.29 is 28.6 Å². The molecule has 0 fully saturated rings. The first kappa shape index (κ1) is 74.6. The second-order valence-corrected chi connectivity index (χ2v) is 23.5. The van der Waals surface area contributed by atoms with Crippen molar-refractivity contribution in [2.45, 2.75) is 386 Å². The molecular weight excluding hydrogens is 949 g/mol. The average Bonchev–Trinajstić information content (AvgIpc) is 3.43. The van der Waals surface area contributed by atoms with E-state index in [2.05, 4.69) is 57.2 Å². The fourth-order valence-electron chi connectivity index (χ4n) is 10.5. The first-order valence-electron chi connectivity index (χ1n) is 34.5. The summed E-state index contributed by atoms with van der Waals surface area (Å²) in [6, 6.07) is 0. The third-order valence-electron chi connectivity index (χ3n) is 15.6. The van der Waals surface area contributed by atoms with Gasteiger partial charge in [-0.3, -0.25) is 14.4 Å². The van der Waals surface area contributed by atoms with Crippen LogP contribution in [0.3, 0.4) is 0 Å². The van der Waals surface area contributed by atoms with E-state index >= 15 is 0 Å². The quantitative estimate of drug-likeness (QED) is 0.0261. The number of unbranched alkanes of at least 4 members (excludes halogenated alkanes) is 47. The minimum absolute atomic E-state index is 0.0677. The molecule has 0 amide bonds. The number of carbonyl (C=O) groups is 3. The molecule has 0 spiro atoms. The van der Waals surface area contributed by atoms with Crippen molar-refractivity contribution in [3.8, 4) is 0 Å². The summed E-state index contributed by atoms with van der Waals surface area (Å²) in [7, 11) is 0. The number of carbonyl (C=O) groups excluding carboxylic acids is 3. The van der Waals surface area contributed by atoms with Crippen LogP contribution < -0.4 is 0 Å². The van der Waals surface area contributed by atoms with E-state index in [4.69, 9.17) is 14.2 Å². The van der Waals surface area contributed by atoms with Gasteiger partial charge in [0.15, 0.2) is 6.10 Å². The van der Waals surface area contributed by atoms with Crippen LogP contribution in [0.2, 0.25) is 0 Å². The van der Waals surface area contributed by atoms with Gasteiger partial charge in [-0.1, -0.05) is 340 Å². The van der Waals surface area contributed by atoms with E-state index in [-0.39, 0.29) is 31.1 Å². The lowest BCUT2D eigenvalue weighted by Gasteiger charge is -2.18. The molecule has 0 N–H and O–H groups in total. The van der Waals surface area contributed by atoms with E-state index in [1.807, 2.05) is 0 Å². The van der Waals surface area contributed by atoms with Gasteiger partial charge in [-0.15, -0.1) is 0 Å². The fourth-order valence-corrected chi connectivity index (χ4v) is 10.5. The van der Waals surface area contributed by atoms with Gasteiger partial charge in [0, 0.05) is 19.3 Å². The van der Waals surface area contributed by atoms with E-state index in [1.54, 1.807) is 0 Å². The van der Waals surface area contributed by atoms with Crippen LogP contribution in [0.15, 0.2) is 36.5 Å². The van der Waals surface area contributed by atoms with Gasteiger partial charge in [-0.05, 0) is 57.8 Å². The van der Waals surface area contributed by atoms with Gasteiger partial charge in [-0.2, -0.15) is 0 Å². The van der Waals surface area contributed by atoms with Crippen molar-refractivity contribution in [2.75, 3.05) is 13.2 Å². The van der Waals surface area contributed by atoms with E-state index in [0.717, 1.165) is 70.6 Å². The molecule has 0 aliphatic heterocycles. The first-order chi connectivity index (χ1) is 38.0.